The van der Waals surface area contributed by atoms with Gasteiger partial charge in [-0.2, -0.15) is 0 Å². The quantitative estimate of drug-likeness (QED) is 0.678. The molecule has 0 amide bonds. The number of carbonyl (C=O) groups is 1. The number of fused-ring (bicyclic) bond motifs is 1. The third-order valence-corrected chi connectivity index (χ3v) is 3.75. The molecule has 6 nitrogen and oxygen atoms in total. The van der Waals surface area contributed by atoms with Crippen LogP contribution in [0, 0.1) is 13.8 Å². The Hall–Kier alpha value is -3.02. The van der Waals surface area contributed by atoms with Crippen LogP contribution in [0.5, 0.6) is 0 Å². The Balaban J connectivity index is 2.40. The second kappa shape index (κ2) is 5.64. The summed E-state index contributed by atoms with van der Waals surface area (Å²) >= 11 is 0. The number of hydrogen-bond acceptors (Lipinski definition) is 5. The van der Waals surface area contributed by atoms with Crippen molar-refractivity contribution in [3.05, 3.63) is 64.1 Å². The zero-order valence-corrected chi connectivity index (χ0v) is 13.0. The molecule has 0 spiro atoms. The molecular formula is C17H15N3O3. The van der Waals surface area contributed by atoms with Crippen molar-refractivity contribution in [2.45, 2.75) is 13.8 Å². The van der Waals surface area contributed by atoms with Crippen molar-refractivity contribution in [3.63, 3.8) is 0 Å². The molecule has 0 radical (unpaired) electrons. The van der Waals surface area contributed by atoms with Gasteiger partial charge in [0.2, 0.25) is 0 Å². The predicted octanol–water partition coefficient (Wildman–Crippen LogP) is 2.18. The van der Waals surface area contributed by atoms with Crippen LogP contribution < -0.4 is 5.56 Å². The molecule has 0 aliphatic carbocycles. The molecule has 6 heteroatoms. The van der Waals surface area contributed by atoms with Crippen LogP contribution in [-0.2, 0) is 4.74 Å². The molecule has 3 aromatic rings. The van der Waals surface area contributed by atoms with Crippen LogP contribution in [-0.4, -0.2) is 27.6 Å². The lowest BCUT2D eigenvalue weighted by Crippen LogP contribution is -2.20. The summed E-state index contributed by atoms with van der Waals surface area (Å²) in [5.41, 5.74) is 1.92. The van der Waals surface area contributed by atoms with Crippen molar-refractivity contribution in [3.8, 4) is 5.69 Å². The zero-order chi connectivity index (χ0) is 16.6. The van der Waals surface area contributed by atoms with Gasteiger partial charge >= 0.3 is 5.97 Å². The highest BCUT2D eigenvalue weighted by molar-refractivity contribution is 6.05. The molecular weight excluding hydrogens is 294 g/mol. The molecule has 0 bridgehead atoms. The van der Waals surface area contributed by atoms with Crippen LogP contribution in [0.15, 0.2) is 41.6 Å². The maximum absolute atomic E-state index is 12.9. The summed E-state index contributed by atoms with van der Waals surface area (Å²) in [5.74, 6) is -0.499. The van der Waals surface area contributed by atoms with Gasteiger partial charge in [-0.25, -0.2) is 4.79 Å². The molecule has 0 atom stereocenters. The first kappa shape index (κ1) is 14.9. The second-order valence-corrected chi connectivity index (χ2v) is 5.13. The van der Waals surface area contributed by atoms with Gasteiger partial charge in [0, 0.05) is 24.0 Å². The maximum Gasteiger partial charge on any atom is 0.340 e. The Morgan fingerprint density at radius 3 is 2.48 bits per heavy atom. The van der Waals surface area contributed by atoms with Crippen LogP contribution in [0.25, 0.3) is 16.5 Å². The van der Waals surface area contributed by atoms with E-state index in [0.717, 1.165) is 0 Å². The van der Waals surface area contributed by atoms with Crippen molar-refractivity contribution in [1.29, 1.82) is 0 Å². The van der Waals surface area contributed by atoms with E-state index in [2.05, 4.69) is 9.97 Å². The van der Waals surface area contributed by atoms with Crippen molar-refractivity contribution in [1.82, 2.24) is 14.5 Å². The molecule has 3 aromatic heterocycles. The first-order valence-corrected chi connectivity index (χ1v) is 7.06. The lowest BCUT2D eigenvalue weighted by atomic mass is 10.0. The number of methoxy groups -OCH3 is 1. The fraction of sp³-hybridized carbons (Fsp3) is 0.176. The molecule has 0 fully saturated rings. The molecule has 3 rings (SSSR count). The first-order chi connectivity index (χ1) is 11.0. The number of aromatic nitrogens is 3. The van der Waals surface area contributed by atoms with E-state index in [-0.39, 0.29) is 5.56 Å². The summed E-state index contributed by atoms with van der Waals surface area (Å²) < 4.78 is 6.33. The number of aryl methyl sites for hydroxylation is 2. The summed E-state index contributed by atoms with van der Waals surface area (Å²) in [6.45, 7) is 3.49. The average Bonchev–Trinajstić information content (AvgIpc) is 2.55. The van der Waals surface area contributed by atoms with Gasteiger partial charge in [-0.3, -0.25) is 19.3 Å². The van der Waals surface area contributed by atoms with E-state index in [1.807, 2.05) is 0 Å². The third-order valence-electron chi connectivity index (χ3n) is 3.75. The second-order valence-electron chi connectivity index (χ2n) is 5.13. The Labute approximate surface area is 132 Å². The van der Waals surface area contributed by atoms with E-state index in [1.54, 1.807) is 50.6 Å². The Morgan fingerprint density at radius 2 is 1.83 bits per heavy atom. The van der Waals surface area contributed by atoms with Crippen LogP contribution in [0.3, 0.4) is 0 Å². The molecule has 3 heterocycles. The third kappa shape index (κ3) is 2.38. The van der Waals surface area contributed by atoms with E-state index in [4.69, 9.17) is 4.74 Å². The number of carbonyl (C=O) groups excluding carboxylic acids is 1. The highest BCUT2D eigenvalue weighted by atomic mass is 16.5. The number of hydrogen-bond donors (Lipinski definition) is 0. The minimum absolute atomic E-state index is 0.233. The number of rotatable bonds is 2. The van der Waals surface area contributed by atoms with Gasteiger partial charge in [0.1, 0.15) is 0 Å². The molecule has 0 aromatic carbocycles. The number of nitrogens with zero attached hydrogens (tertiary/aromatic N) is 3. The minimum atomic E-state index is -0.499. The number of esters is 1. The van der Waals surface area contributed by atoms with E-state index in [1.165, 1.54) is 11.7 Å². The summed E-state index contributed by atoms with van der Waals surface area (Å²) in [6.07, 6.45) is 4.88. The normalized spacial score (nSPS) is 10.7. The molecule has 0 N–H and O–H groups in total. The van der Waals surface area contributed by atoms with Crippen molar-refractivity contribution in [2.24, 2.45) is 0 Å². The summed E-state index contributed by atoms with van der Waals surface area (Å²) in [7, 11) is 1.31. The molecule has 0 saturated carbocycles. The van der Waals surface area contributed by atoms with E-state index in [9.17, 15) is 9.59 Å². The molecule has 116 valence electrons. The monoisotopic (exact) mass is 309 g/mol. The molecule has 0 aliphatic rings. The highest BCUT2D eigenvalue weighted by Gasteiger charge is 2.19. The van der Waals surface area contributed by atoms with Crippen LogP contribution in [0.2, 0.25) is 0 Å². The lowest BCUT2D eigenvalue weighted by molar-refractivity contribution is 0.0601. The summed E-state index contributed by atoms with van der Waals surface area (Å²) in [5, 5.41) is 0.965. The smallest absolute Gasteiger partial charge is 0.340 e. The van der Waals surface area contributed by atoms with E-state index < -0.39 is 5.97 Å². The van der Waals surface area contributed by atoms with Gasteiger partial charge in [0.15, 0.2) is 0 Å². The fourth-order valence-electron chi connectivity index (χ4n) is 2.72. The van der Waals surface area contributed by atoms with E-state index in [0.29, 0.717) is 33.4 Å². The van der Waals surface area contributed by atoms with Crippen molar-refractivity contribution < 1.29 is 9.53 Å². The summed E-state index contributed by atoms with van der Waals surface area (Å²) in [6, 6.07) is 5.22. The van der Waals surface area contributed by atoms with Crippen molar-refractivity contribution >= 4 is 16.7 Å². The standard InChI is InChI=1S/C17H15N3O3/c1-10-14-13(15(11(2)19-10)17(22)23-3)6-9-20(16(14)21)12-4-7-18-8-5-12/h4-9H,1-3H3. The Bertz CT molecular complexity index is 962. The fourth-order valence-corrected chi connectivity index (χ4v) is 2.72. The van der Waals surface area contributed by atoms with Crippen molar-refractivity contribution in [2.75, 3.05) is 7.11 Å². The van der Waals surface area contributed by atoms with Gasteiger partial charge in [-0.05, 0) is 32.0 Å². The predicted molar refractivity (Wildman–Crippen MR) is 85.9 cm³/mol. The number of ether oxygens (including phenoxy) is 1. The molecule has 23 heavy (non-hydrogen) atoms. The van der Waals surface area contributed by atoms with Crippen LogP contribution in [0.1, 0.15) is 21.7 Å². The van der Waals surface area contributed by atoms with Crippen LogP contribution in [0.4, 0.5) is 0 Å². The van der Waals surface area contributed by atoms with Gasteiger partial charge in [0.05, 0.1) is 35.1 Å². The largest absolute Gasteiger partial charge is 0.465 e. The van der Waals surface area contributed by atoms with Gasteiger partial charge < -0.3 is 4.74 Å². The molecule has 0 unspecified atom stereocenters. The SMILES string of the molecule is COC(=O)c1c(C)nc(C)c2c(=O)n(-c3ccncc3)ccc12. The summed E-state index contributed by atoms with van der Waals surface area (Å²) in [4.78, 5) is 33.2. The molecule has 0 saturated heterocycles. The highest BCUT2D eigenvalue weighted by Crippen LogP contribution is 2.22. The molecule has 0 aliphatic heterocycles. The van der Waals surface area contributed by atoms with Gasteiger partial charge in [-0.15, -0.1) is 0 Å². The first-order valence-electron chi connectivity index (χ1n) is 7.06. The zero-order valence-electron chi connectivity index (χ0n) is 13.0. The lowest BCUT2D eigenvalue weighted by Gasteiger charge is -2.12. The Morgan fingerprint density at radius 1 is 1.13 bits per heavy atom. The number of pyridine rings is 3. The topological polar surface area (TPSA) is 74.1 Å². The Kier molecular flexibility index (Phi) is 3.65. The average molecular weight is 309 g/mol. The van der Waals surface area contributed by atoms with Crippen LogP contribution >= 0.6 is 0 Å². The minimum Gasteiger partial charge on any atom is -0.465 e. The van der Waals surface area contributed by atoms with E-state index >= 15 is 0 Å². The van der Waals surface area contributed by atoms with Gasteiger partial charge in [-0.1, -0.05) is 0 Å². The maximum atomic E-state index is 12.9. The van der Waals surface area contributed by atoms with Gasteiger partial charge in [0.25, 0.3) is 5.56 Å².